The Hall–Kier alpha value is -4.05. The van der Waals surface area contributed by atoms with Gasteiger partial charge in [0, 0.05) is 35.2 Å². The Morgan fingerprint density at radius 1 is 1.19 bits per heavy atom. The van der Waals surface area contributed by atoms with E-state index in [4.69, 9.17) is 22.1 Å². The zero-order valence-electron chi connectivity index (χ0n) is 17.2. The van der Waals surface area contributed by atoms with Crippen molar-refractivity contribution in [2.75, 3.05) is 7.11 Å². The summed E-state index contributed by atoms with van der Waals surface area (Å²) >= 11 is 5.33. The molecule has 4 rings (SSSR count). The standard InChI is InChI=1S/C22H19N5O4S/c1-13-18(21(28)31-2)20(24-22(32)23-13)17-12-26(15-6-4-3-5-7-15)25-19(17)14-8-10-16(11-9-14)27(29)30/h3-12,20H,1-2H3,(H2,23,24,32). The summed E-state index contributed by atoms with van der Waals surface area (Å²) in [6.07, 6.45) is 1.81. The number of benzene rings is 2. The number of ether oxygens (including phenoxy) is 1. The van der Waals surface area contributed by atoms with E-state index in [1.165, 1.54) is 19.2 Å². The highest BCUT2D eigenvalue weighted by atomic mass is 32.1. The molecule has 1 unspecified atom stereocenters. The number of aromatic nitrogens is 2. The third kappa shape index (κ3) is 3.95. The number of carbonyl (C=O) groups is 1. The van der Waals surface area contributed by atoms with Crippen molar-refractivity contribution in [3.05, 3.63) is 87.7 Å². The molecule has 0 saturated carbocycles. The lowest BCUT2D eigenvalue weighted by atomic mass is 9.94. The first-order valence-electron chi connectivity index (χ1n) is 9.65. The van der Waals surface area contributed by atoms with Gasteiger partial charge in [-0.05, 0) is 43.4 Å². The summed E-state index contributed by atoms with van der Waals surface area (Å²) in [6, 6.07) is 15.0. The topological polar surface area (TPSA) is 111 Å². The predicted molar refractivity (Wildman–Crippen MR) is 122 cm³/mol. The number of non-ortho nitro benzene ring substituents is 1. The van der Waals surface area contributed by atoms with Gasteiger partial charge >= 0.3 is 5.97 Å². The molecule has 2 aromatic carbocycles. The van der Waals surface area contributed by atoms with Gasteiger partial charge in [-0.2, -0.15) is 5.10 Å². The second-order valence-electron chi connectivity index (χ2n) is 7.08. The third-order valence-electron chi connectivity index (χ3n) is 5.10. The average molecular weight is 449 g/mol. The Kier molecular flexibility index (Phi) is 5.69. The van der Waals surface area contributed by atoms with Gasteiger partial charge < -0.3 is 15.4 Å². The van der Waals surface area contributed by atoms with Gasteiger partial charge in [-0.25, -0.2) is 9.48 Å². The van der Waals surface area contributed by atoms with Crippen LogP contribution in [0.1, 0.15) is 18.5 Å². The van der Waals surface area contributed by atoms with E-state index in [1.54, 1.807) is 23.7 Å². The van der Waals surface area contributed by atoms with Gasteiger partial charge in [0.05, 0.1) is 35.0 Å². The molecule has 0 amide bonds. The molecular formula is C22H19N5O4S. The molecule has 2 heterocycles. The van der Waals surface area contributed by atoms with E-state index in [2.05, 4.69) is 10.6 Å². The van der Waals surface area contributed by atoms with Crippen LogP contribution in [0.5, 0.6) is 0 Å². The first kappa shape index (κ1) is 21.2. The van der Waals surface area contributed by atoms with Crippen LogP contribution in [0.25, 0.3) is 16.9 Å². The number of hydrogen-bond donors (Lipinski definition) is 2. The number of methoxy groups -OCH3 is 1. The van der Waals surface area contributed by atoms with Crippen molar-refractivity contribution in [2.24, 2.45) is 0 Å². The second-order valence-corrected chi connectivity index (χ2v) is 7.49. The highest BCUT2D eigenvalue weighted by molar-refractivity contribution is 7.80. The smallest absolute Gasteiger partial charge is 0.337 e. The number of nitrogens with zero attached hydrogens (tertiary/aromatic N) is 3. The van der Waals surface area contributed by atoms with E-state index in [1.807, 2.05) is 36.5 Å². The van der Waals surface area contributed by atoms with E-state index in [0.29, 0.717) is 33.2 Å². The molecule has 2 N–H and O–H groups in total. The molecule has 3 aromatic rings. The maximum atomic E-state index is 12.6. The molecule has 1 atom stereocenters. The number of hydrogen-bond acceptors (Lipinski definition) is 6. The summed E-state index contributed by atoms with van der Waals surface area (Å²) in [7, 11) is 1.32. The Bertz CT molecular complexity index is 1230. The van der Waals surface area contributed by atoms with Crippen LogP contribution in [0.3, 0.4) is 0 Å². The van der Waals surface area contributed by atoms with Crippen LogP contribution >= 0.6 is 12.2 Å². The number of nitro groups is 1. The first-order valence-corrected chi connectivity index (χ1v) is 10.1. The van der Waals surface area contributed by atoms with Gasteiger partial charge in [0.15, 0.2) is 5.11 Å². The van der Waals surface area contributed by atoms with Crippen molar-refractivity contribution < 1.29 is 14.5 Å². The normalized spacial score (nSPS) is 15.7. The summed E-state index contributed by atoms with van der Waals surface area (Å²) in [5, 5.41) is 22.3. The number of rotatable bonds is 5. The maximum Gasteiger partial charge on any atom is 0.337 e. The van der Waals surface area contributed by atoms with Crippen LogP contribution in [0.15, 0.2) is 72.1 Å². The minimum atomic E-state index is -0.626. The van der Waals surface area contributed by atoms with Gasteiger partial charge in [0.25, 0.3) is 5.69 Å². The quantitative estimate of drug-likeness (QED) is 0.264. The zero-order valence-corrected chi connectivity index (χ0v) is 18.1. The molecule has 0 aliphatic carbocycles. The molecule has 0 saturated heterocycles. The number of esters is 1. The summed E-state index contributed by atoms with van der Waals surface area (Å²) in [4.78, 5) is 23.2. The number of para-hydroxylation sites is 1. The van der Waals surface area contributed by atoms with E-state index >= 15 is 0 Å². The lowest BCUT2D eigenvalue weighted by Crippen LogP contribution is -2.45. The maximum absolute atomic E-state index is 12.6. The van der Waals surface area contributed by atoms with Crippen LogP contribution < -0.4 is 10.6 Å². The van der Waals surface area contributed by atoms with E-state index in [9.17, 15) is 14.9 Å². The molecule has 9 nitrogen and oxygen atoms in total. The zero-order chi connectivity index (χ0) is 22.8. The molecule has 162 valence electrons. The van der Waals surface area contributed by atoms with E-state index in [-0.39, 0.29) is 5.69 Å². The fourth-order valence-electron chi connectivity index (χ4n) is 3.58. The van der Waals surface area contributed by atoms with Gasteiger partial charge in [-0.3, -0.25) is 10.1 Å². The fourth-order valence-corrected chi connectivity index (χ4v) is 3.86. The summed E-state index contributed by atoms with van der Waals surface area (Å²) < 4.78 is 6.70. The molecule has 1 aromatic heterocycles. The number of nitro benzene ring substituents is 1. The van der Waals surface area contributed by atoms with Crippen molar-refractivity contribution in [2.45, 2.75) is 13.0 Å². The van der Waals surface area contributed by atoms with Gasteiger partial charge in [-0.1, -0.05) is 18.2 Å². The lowest BCUT2D eigenvalue weighted by Gasteiger charge is -2.29. The molecule has 32 heavy (non-hydrogen) atoms. The lowest BCUT2D eigenvalue weighted by molar-refractivity contribution is -0.384. The largest absolute Gasteiger partial charge is 0.466 e. The van der Waals surface area contributed by atoms with Gasteiger partial charge in [0.1, 0.15) is 0 Å². The molecule has 1 aliphatic rings. The fraction of sp³-hybridized carbons (Fsp3) is 0.136. The average Bonchev–Trinajstić information content (AvgIpc) is 3.24. The predicted octanol–water partition coefficient (Wildman–Crippen LogP) is 3.41. The molecule has 1 aliphatic heterocycles. The van der Waals surface area contributed by atoms with Crippen molar-refractivity contribution in [1.29, 1.82) is 0 Å². The van der Waals surface area contributed by atoms with Crippen LogP contribution in [-0.2, 0) is 9.53 Å². The Morgan fingerprint density at radius 2 is 1.88 bits per heavy atom. The van der Waals surface area contributed by atoms with Crippen molar-refractivity contribution in [3.63, 3.8) is 0 Å². The monoisotopic (exact) mass is 449 g/mol. The van der Waals surface area contributed by atoms with E-state index in [0.717, 1.165) is 5.69 Å². The highest BCUT2D eigenvalue weighted by Crippen LogP contribution is 2.35. The van der Waals surface area contributed by atoms with Gasteiger partial charge in [-0.15, -0.1) is 0 Å². The number of nitrogens with one attached hydrogen (secondary N) is 2. The van der Waals surface area contributed by atoms with Crippen molar-refractivity contribution >= 4 is 29.0 Å². The summed E-state index contributed by atoms with van der Waals surface area (Å²) in [5.74, 6) is -0.503. The molecule has 0 fully saturated rings. The van der Waals surface area contributed by atoms with Crippen LogP contribution in [0.2, 0.25) is 0 Å². The molecule has 10 heteroatoms. The number of allylic oxidation sites excluding steroid dienone is 1. The SMILES string of the molecule is COC(=O)C1=C(C)NC(=S)NC1c1cn(-c2ccccc2)nc1-c1ccc([N+](=O)[O-])cc1. The second kappa shape index (κ2) is 8.60. The Labute approximate surface area is 188 Å². The van der Waals surface area contributed by atoms with Crippen LogP contribution in [0.4, 0.5) is 5.69 Å². The Morgan fingerprint density at radius 3 is 2.50 bits per heavy atom. The highest BCUT2D eigenvalue weighted by Gasteiger charge is 2.34. The van der Waals surface area contributed by atoms with Crippen molar-refractivity contribution in [1.82, 2.24) is 20.4 Å². The molecule has 0 radical (unpaired) electrons. The molecule has 0 spiro atoms. The summed E-state index contributed by atoms with van der Waals surface area (Å²) in [5.41, 5.74) is 3.63. The van der Waals surface area contributed by atoms with Crippen molar-refractivity contribution in [3.8, 4) is 16.9 Å². The van der Waals surface area contributed by atoms with E-state index < -0.39 is 16.9 Å². The van der Waals surface area contributed by atoms with Crippen LogP contribution in [-0.4, -0.2) is 32.9 Å². The van der Waals surface area contributed by atoms with Gasteiger partial charge in [0.2, 0.25) is 0 Å². The third-order valence-corrected chi connectivity index (χ3v) is 5.32. The number of thiocarbonyl (C=S) groups is 1. The Balaban J connectivity index is 1.91. The summed E-state index contributed by atoms with van der Waals surface area (Å²) in [6.45, 7) is 1.75. The minimum Gasteiger partial charge on any atom is -0.466 e. The van der Waals surface area contributed by atoms with Crippen LogP contribution in [0, 0.1) is 10.1 Å². The minimum absolute atomic E-state index is 0.0232. The number of carbonyl (C=O) groups excluding carboxylic acids is 1. The molecule has 0 bridgehead atoms. The first-order chi connectivity index (χ1) is 15.4. The molecular weight excluding hydrogens is 430 g/mol.